The van der Waals surface area contributed by atoms with E-state index < -0.39 is 22.9 Å². The van der Waals surface area contributed by atoms with Gasteiger partial charge in [0, 0.05) is 12.7 Å². The summed E-state index contributed by atoms with van der Waals surface area (Å²) in [6, 6.07) is 2.44. The van der Waals surface area contributed by atoms with Crippen LogP contribution in [0.4, 0.5) is 13.2 Å². The van der Waals surface area contributed by atoms with Gasteiger partial charge in [-0.05, 0) is 43.1 Å². The maximum atomic E-state index is 14.4. The highest BCUT2D eigenvalue weighted by molar-refractivity contribution is 5.81. The minimum atomic E-state index is -1.60. The number of nitrogens with zero attached hydrogens (tertiary/aromatic N) is 2. The molecule has 0 unspecified atom stereocenters. The van der Waals surface area contributed by atoms with Crippen molar-refractivity contribution in [2.45, 2.75) is 46.1 Å². The predicted molar refractivity (Wildman–Crippen MR) is 88.5 cm³/mol. The zero-order valence-electron chi connectivity index (χ0n) is 14.2. The molecule has 6 heteroatoms. The monoisotopic (exact) mass is 348 g/mol. The molecule has 0 bridgehead atoms. The fourth-order valence-corrected chi connectivity index (χ4v) is 3.61. The van der Waals surface area contributed by atoms with Gasteiger partial charge in [-0.2, -0.15) is 5.26 Å². The van der Waals surface area contributed by atoms with Gasteiger partial charge in [0.05, 0.1) is 10.9 Å². The van der Waals surface area contributed by atoms with Crippen LogP contribution in [0.5, 0.6) is 0 Å². The number of pyridine rings is 1. The molecule has 0 atom stereocenters. The van der Waals surface area contributed by atoms with Crippen LogP contribution in [-0.4, -0.2) is 4.57 Å². The van der Waals surface area contributed by atoms with Gasteiger partial charge < -0.3 is 4.57 Å². The average Bonchev–Trinajstić information content (AvgIpc) is 2.57. The Hall–Kier alpha value is -2.29. The molecule has 25 heavy (non-hydrogen) atoms. The van der Waals surface area contributed by atoms with Crippen molar-refractivity contribution < 1.29 is 13.2 Å². The second kappa shape index (κ2) is 6.21. The number of rotatable bonds is 2. The molecule has 132 valence electrons. The molecule has 1 aromatic carbocycles. The first-order valence-corrected chi connectivity index (χ1v) is 8.34. The van der Waals surface area contributed by atoms with Gasteiger partial charge in [0.2, 0.25) is 5.43 Å². The first kappa shape index (κ1) is 17.5. The molecular weight excluding hydrogens is 329 g/mol. The lowest BCUT2D eigenvalue weighted by molar-refractivity contribution is 0.179. The molecule has 1 fully saturated rings. The molecule has 1 aromatic heterocycles. The third-order valence-corrected chi connectivity index (χ3v) is 5.23. The third kappa shape index (κ3) is 3.15. The van der Waals surface area contributed by atoms with Crippen molar-refractivity contribution in [3.63, 3.8) is 0 Å². The molecule has 0 spiro atoms. The highest BCUT2D eigenvalue weighted by Crippen LogP contribution is 2.38. The number of hydrogen-bond acceptors (Lipinski definition) is 2. The van der Waals surface area contributed by atoms with E-state index in [1.165, 1.54) is 10.8 Å². The van der Waals surface area contributed by atoms with Crippen LogP contribution in [0.25, 0.3) is 10.9 Å². The van der Waals surface area contributed by atoms with Gasteiger partial charge in [0.1, 0.15) is 11.6 Å². The average molecular weight is 348 g/mol. The summed E-state index contributed by atoms with van der Waals surface area (Å²) < 4.78 is 43.0. The lowest BCUT2D eigenvalue weighted by Gasteiger charge is -2.34. The Morgan fingerprint density at radius 3 is 2.48 bits per heavy atom. The molecule has 1 aliphatic rings. The van der Waals surface area contributed by atoms with E-state index in [2.05, 4.69) is 13.8 Å². The summed E-state index contributed by atoms with van der Waals surface area (Å²) in [7, 11) is 0. The van der Waals surface area contributed by atoms with Crippen molar-refractivity contribution in [3.8, 4) is 6.07 Å². The van der Waals surface area contributed by atoms with E-state index in [1.54, 1.807) is 6.07 Å². The van der Waals surface area contributed by atoms with E-state index >= 15 is 0 Å². The standard InChI is InChI=1S/C19H19F3N2O/c1-19(2)5-3-11(4-6-19)9-24-10-12(8-23)18(25)13-7-14(20)15(21)16(22)17(13)24/h7,10-11H,3-6,9H2,1-2H3. The van der Waals surface area contributed by atoms with E-state index in [4.69, 9.17) is 5.26 Å². The molecule has 1 heterocycles. The maximum absolute atomic E-state index is 14.4. The third-order valence-electron chi connectivity index (χ3n) is 5.23. The predicted octanol–water partition coefficient (Wildman–Crippen LogP) is 4.51. The normalized spacial score (nSPS) is 17.6. The molecule has 1 aliphatic carbocycles. The van der Waals surface area contributed by atoms with E-state index in [0.29, 0.717) is 12.6 Å². The summed E-state index contributed by atoms with van der Waals surface area (Å²) in [5.41, 5.74) is -0.987. The quantitative estimate of drug-likeness (QED) is 0.750. The number of halogens is 3. The summed E-state index contributed by atoms with van der Waals surface area (Å²) in [6.45, 7) is 4.76. The molecular formula is C19H19F3N2O. The first-order chi connectivity index (χ1) is 11.7. The maximum Gasteiger partial charge on any atom is 0.207 e. The molecule has 0 saturated heterocycles. The Morgan fingerprint density at radius 2 is 1.88 bits per heavy atom. The second-order valence-corrected chi connectivity index (χ2v) is 7.63. The van der Waals surface area contributed by atoms with Gasteiger partial charge in [-0.25, -0.2) is 13.2 Å². The summed E-state index contributed by atoms with van der Waals surface area (Å²) in [4.78, 5) is 12.2. The minimum absolute atomic E-state index is 0.200. The van der Waals surface area contributed by atoms with E-state index in [-0.39, 0.29) is 27.8 Å². The zero-order chi connectivity index (χ0) is 18.4. The molecule has 2 aromatic rings. The molecule has 3 rings (SSSR count). The van der Waals surface area contributed by atoms with Gasteiger partial charge in [0.25, 0.3) is 0 Å². The van der Waals surface area contributed by atoms with Crippen molar-refractivity contribution in [2.75, 3.05) is 0 Å². The largest absolute Gasteiger partial charge is 0.343 e. The van der Waals surface area contributed by atoms with Crippen LogP contribution in [0, 0.1) is 40.1 Å². The molecule has 1 saturated carbocycles. The highest BCUT2D eigenvalue weighted by Gasteiger charge is 2.28. The van der Waals surface area contributed by atoms with Crippen molar-refractivity contribution in [2.24, 2.45) is 11.3 Å². The van der Waals surface area contributed by atoms with Crippen LogP contribution >= 0.6 is 0 Å². The molecule has 0 amide bonds. The highest BCUT2D eigenvalue weighted by atomic mass is 19.2. The van der Waals surface area contributed by atoms with Crippen LogP contribution in [0.2, 0.25) is 0 Å². The van der Waals surface area contributed by atoms with Crippen LogP contribution in [0.15, 0.2) is 17.1 Å². The fraction of sp³-hybridized carbons (Fsp3) is 0.474. The van der Waals surface area contributed by atoms with E-state index in [0.717, 1.165) is 25.7 Å². The Kier molecular flexibility index (Phi) is 4.36. The van der Waals surface area contributed by atoms with Crippen LogP contribution in [-0.2, 0) is 6.54 Å². The number of nitriles is 1. The molecule has 0 radical (unpaired) electrons. The first-order valence-electron chi connectivity index (χ1n) is 8.34. The summed E-state index contributed by atoms with van der Waals surface area (Å²) in [5.74, 6) is -4.18. The van der Waals surface area contributed by atoms with Gasteiger partial charge in [-0.15, -0.1) is 0 Å². The summed E-state index contributed by atoms with van der Waals surface area (Å²) in [5, 5.41) is 8.85. The topological polar surface area (TPSA) is 45.8 Å². The van der Waals surface area contributed by atoms with Gasteiger partial charge in [-0.3, -0.25) is 4.79 Å². The van der Waals surface area contributed by atoms with Crippen molar-refractivity contribution in [1.29, 1.82) is 5.26 Å². The summed E-state index contributed by atoms with van der Waals surface area (Å²) >= 11 is 0. The van der Waals surface area contributed by atoms with Crippen LogP contribution in [0.3, 0.4) is 0 Å². The lowest BCUT2D eigenvalue weighted by atomic mass is 9.73. The van der Waals surface area contributed by atoms with Crippen molar-refractivity contribution >= 4 is 10.9 Å². The summed E-state index contributed by atoms with van der Waals surface area (Å²) in [6.07, 6.45) is 5.14. The van der Waals surface area contributed by atoms with E-state index in [1.807, 2.05) is 0 Å². The smallest absolute Gasteiger partial charge is 0.207 e. The number of fused-ring (bicyclic) bond motifs is 1. The molecule has 3 nitrogen and oxygen atoms in total. The number of benzene rings is 1. The zero-order valence-corrected chi connectivity index (χ0v) is 14.2. The van der Waals surface area contributed by atoms with Crippen molar-refractivity contribution in [3.05, 3.63) is 45.5 Å². The SMILES string of the molecule is CC1(C)CCC(Cn2cc(C#N)c(=O)c3cc(F)c(F)c(F)c32)CC1. The minimum Gasteiger partial charge on any atom is -0.343 e. The van der Waals surface area contributed by atoms with Gasteiger partial charge in [0.15, 0.2) is 17.5 Å². The Bertz CT molecular complexity index is 931. The number of hydrogen-bond donors (Lipinski definition) is 0. The van der Waals surface area contributed by atoms with Crippen LogP contribution in [0.1, 0.15) is 45.1 Å². The second-order valence-electron chi connectivity index (χ2n) is 7.63. The van der Waals surface area contributed by atoms with Crippen LogP contribution < -0.4 is 5.43 Å². The number of aromatic nitrogens is 1. The Labute approximate surface area is 143 Å². The van der Waals surface area contributed by atoms with Crippen molar-refractivity contribution in [1.82, 2.24) is 4.57 Å². The lowest BCUT2D eigenvalue weighted by Crippen LogP contribution is -2.25. The fourth-order valence-electron chi connectivity index (χ4n) is 3.61. The Balaban J connectivity index is 2.11. The molecule has 0 aliphatic heterocycles. The van der Waals surface area contributed by atoms with Gasteiger partial charge >= 0.3 is 0 Å². The Morgan fingerprint density at radius 1 is 1.24 bits per heavy atom. The van der Waals surface area contributed by atoms with E-state index in [9.17, 15) is 18.0 Å². The van der Waals surface area contributed by atoms with Gasteiger partial charge in [-0.1, -0.05) is 13.8 Å². The molecule has 0 N–H and O–H groups in total.